The highest BCUT2D eigenvalue weighted by atomic mass is 32.2. The van der Waals surface area contributed by atoms with Crippen LogP contribution in [0.25, 0.3) is 0 Å². The van der Waals surface area contributed by atoms with Gasteiger partial charge < -0.3 is 9.84 Å². The van der Waals surface area contributed by atoms with Crippen LogP contribution in [0.3, 0.4) is 0 Å². The summed E-state index contributed by atoms with van der Waals surface area (Å²) in [6.07, 6.45) is 0. The maximum absolute atomic E-state index is 12.1. The Kier molecular flexibility index (Phi) is 5.45. The molecule has 0 unspecified atom stereocenters. The van der Waals surface area contributed by atoms with Gasteiger partial charge in [-0.05, 0) is 38.5 Å². The molecule has 0 aliphatic heterocycles. The smallest absolute Gasteiger partial charge is 0.338 e. The van der Waals surface area contributed by atoms with E-state index in [1.165, 1.54) is 25.1 Å². The third kappa shape index (κ3) is 4.27. The minimum Gasteiger partial charge on any atom is -0.480 e. The van der Waals surface area contributed by atoms with Crippen LogP contribution in [0.15, 0.2) is 23.1 Å². The molecule has 1 rings (SSSR count). The molecule has 21 heavy (non-hydrogen) atoms. The van der Waals surface area contributed by atoms with E-state index < -0.39 is 28.0 Å². The molecule has 1 aromatic carbocycles. The molecule has 0 saturated heterocycles. The van der Waals surface area contributed by atoms with Crippen LogP contribution >= 0.6 is 0 Å². The van der Waals surface area contributed by atoms with Crippen LogP contribution in [0, 0.1) is 6.92 Å². The van der Waals surface area contributed by atoms with Crippen LogP contribution in [0.2, 0.25) is 0 Å². The van der Waals surface area contributed by atoms with Gasteiger partial charge in [0.05, 0.1) is 17.1 Å². The number of benzene rings is 1. The summed E-state index contributed by atoms with van der Waals surface area (Å²) in [5.74, 6) is -1.92. The van der Waals surface area contributed by atoms with Gasteiger partial charge in [-0.15, -0.1) is 0 Å². The van der Waals surface area contributed by atoms with Crippen LogP contribution in [-0.2, 0) is 19.6 Å². The Bertz CT molecular complexity index is 653. The fourth-order valence-corrected chi connectivity index (χ4v) is 2.77. The molecule has 1 atom stereocenters. The topological polar surface area (TPSA) is 110 Å². The van der Waals surface area contributed by atoms with Crippen molar-refractivity contribution in [2.75, 3.05) is 6.61 Å². The first-order valence-corrected chi connectivity index (χ1v) is 7.70. The maximum Gasteiger partial charge on any atom is 0.338 e. The molecule has 0 aromatic heterocycles. The molecule has 0 spiro atoms. The van der Waals surface area contributed by atoms with Crippen molar-refractivity contribution >= 4 is 22.0 Å². The molecule has 1 aromatic rings. The molecule has 0 radical (unpaired) electrons. The number of carbonyl (C=O) groups excluding carboxylic acids is 1. The van der Waals surface area contributed by atoms with Gasteiger partial charge in [-0.1, -0.05) is 6.07 Å². The number of esters is 1. The summed E-state index contributed by atoms with van der Waals surface area (Å²) >= 11 is 0. The van der Waals surface area contributed by atoms with Crippen molar-refractivity contribution in [1.29, 1.82) is 0 Å². The van der Waals surface area contributed by atoms with Crippen LogP contribution in [0.1, 0.15) is 29.8 Å². The first-order chi connectivity index (χ1) is 9.69. The molecule has 0 bridgehead atoms. The van der Waals surface area contributed by atoms with Gasteiger partial charge in [0.15, 0.2) is 0 Å². The van der Waals surface area contributed by atoms with Crippen molar-refractivity contribution in [1.82, 2.24) is 4.72 Å². The molecular formula is C13H17NO6S. The molecule has 2 N–H and O–H groups in total. The van der Waals surface area contributed by atoms with E-state index in [9.17, 15) is 18.0 Å². The van der Waals surface area contributed by atoms with Crippen molar-refractivity contribution in [3.63, 3.8) is 0 Å². The first-order valence-electron chi connectivity index (χ1n) is 6.22. The standard InChI is InChI=1S/C13H17NO6S/c1-4-20-13(17)11-7-10(6-5-8(11)2)21(18,19)14-9(3)12(15)16/h5-7,9,14H,4H2,1-3H3,(H,15,16)/t9-/m0/s1. The van der Waals surface area contributed by atoms with Crippen molar-refractivity contribution in [3.05, 3.63) is 29.3 Å². The molecule has 0 amide bonds. The maximum atomic E-state index is 12.1. The number of hydrogen-bond donors (Lipinski definition) is 2. The Balaban J connectivity index is 3.17. The Hall–Kier alpha value is -1.93. The van der Waals surface area contributed by atoms with Gasteiger partial charge in [0, 0.05) is 0 Å². The summed E-state index contributed by atoms with van der Waals surface area (Å²) in [5.41, 5.74) is 0.696. The van der Waals surface area contributed by atoms with Crippen LogP contribution < -0.4 is 4.72 Å². The number of rotatable bonds is 6. The monoisotopic (exact) mass is 315 g/mol. The van der Waals surface area contributed by atoms with E-state index in [0.29, 0.717) is 5.56 Å². The number of carboxylic acid groups (broad SMARTS) is 1. The molecule has 0 saturated carbocycles. The molecule has 7 nitrogen and oxygen atoms in total. The second-order valence-corrected chi connectivity index (χ2v) is 6.09. The van der Waals surface area contributed by atoms with Crippen LogP contribution in [-0.4, -0.2) is 38.1 Å². The number of carboxylic acids is 1. The number of hydrogen-bond acceptors (Lipinski definition) is 5. The quantitative estimate of drug-likeness (QED) is 0.756. The minimum absolute atomic E-state index is 0.128. The summed E-state index contributed by atoms with van der Waals surface area (Å²) in [6.45, 7) is 4.67. The fraction of sp³-hybridized carbons (Fsp3) is 0.385. The summed E-state index contributed by atoms with van der Waals surface area (Å²) in [5, 5.41) is 8.75. The largest absolute Gasteiger partial charge is 0.480 e. The van der Waals surface area contributed by atoms with Gasteiger partial charge >= 0.3 is 11.9 Å². The summed E-state index contributed by atoms with van der Waals surface area (Å²) in [4.78, 5) is 22.3. The second-order valence-electron chi connectivity index (χ2n) is 4.38. The zero-order valence-electron chi connectivity index (χ0n) is 11.9. The van der Waals surface area contributed by atoms with E-state index in [2.05, 4.69) is 0 Å². The highest BCUT2D eigenvalue weighted by molar-refractivity contribution is 7.89. The highest BCUT2D eigenvalue weighted by Gasteiger charge is 2.23. The van der Waals surface area contributed by atoms with E-state index in [-0.39, 0.29) is 17.1 Å². The number of carbonyl (C=O) groups is 2. The Morgan fingerprint density at radius 3 is 2.52 bits per heavy atom. The molecule has 0 heterocycles. The Labute approximate surface area is 123 Å². The molecule has 8 heteroatoms. The summed E-state index contributed by atoms with van der Waals surface area (Å²) < 4.78 is 31.0. The van der Waals surface area contributed by atoms with Gasteiger partial charge in [0.1, 0.15) is 6.04 Å². The van der Waals surface area contributed by atoms with Gasteiger partial charge in [-0.3, -0.25) is 4.79 Å². The van der Waals surface area contributed by atoms with E-state index in [1.54, 1.807) is 13.8 Å². The molecule has 0 fully saturated rings. The molecular weight excluding hydrogens is 298 g/mol. The third-order valence-electron chi connectivity index (χ3n) is 2.72. The number of aryl methyl sites for hydroxylation is 1. The highest BCUT2D eigenvalue weighted by Crippen LogP contribution is 2.17. The van der Waals surface area contributed by atoms with Crippen molar-refractivity contribution in [3.8, 4) is 0 Å². The zero-order chi connectivity index (χ0) is 16.2. The van der Waals surface area contributed by atoms with E-state index >= 15 is 0 Å². The van der Waals surface area contributed by atoms with E-state index in [0.717, 1.165) is 0 Å². The number of sulfonamides is 1. The van der Waals surface area contributed by atoms with E-state index in [1.807, 2.05) is 4.72 Å². The predicted molar refractivity (Wildman–Crippen MR) is 74.6 cm³/mol. The lowest BCUT2D eigenvalue weighted by Crippen LogP contribution is -2.38. The van der Waals surface area contributed by atoms with Crippen molar-refractivity contribution in [2.24, 2.45) is 0 Å². The van der Waals surface area contributed by atoms with Crippen LogP contribution in [0.4, 0.5) is 0 Å². The second kappa shape index (κ2) is 6.68. The zero-order valence-corrected chi connectivity index (χ0v) is 12.7. The number of nitrogens with one attached hydrogen (secondary N) is 1. The van der Waals surface area contributed by atoms with E-state index in [4.69, 9.17) is 9.84 Å². The fourth-order valence-electron chi connectivity index (χ4n) is 1.55. The van der Waals surface area contributed by atoms with Gasteiger partial charge in [-0.25, -0.2) is 13.2 Å². The van der Waals surface area contributed by atoms with Crippen molar-refractivity contribution < 1.29 is 27.9 Å². The molecule has 116 valence electrons. The Morgan fingerprint density at radius 1 is 1.38 bits per heavy atom. The van der Waals surface area contributed by atoms with Gasteiger partial charge in [-0.2, -0.15) is 4.72 Å². The lowest BCUT2D eigenvalue weighted by Gasteiger charge is -2.12. The normalized spacial score (nSPS) is 12.7. The van der Waals surface area contributed by atoms with Gasteiger partial charge in [0.25, 0.3) is 0 Å². The van der Waals surface area contributed by atoms with Crippen LogP contribution in [0.5, 0.6) is 0 Å². The summed E-state index contributed by atoms with van der Waals surface area (Å²) in [6, 6.07) is 2.66. The molecule has 0 aliphatic rings. The minimum atomic E-state index is -4.03. The first kappa shape index (κ1) is 17.1. The van der Waals surface area contributed by atoms with Gasteiger partial charge in [0.2, 0.25) is 10.0 Å². The SMILES string of the molecule is CCOC(=O)c1cc(S(=O)(=O)N[C@@H](C)C(=O)O)ccc1C. The number of ether oxygens (including phenoxy) is 1. The average molecular weight is 315 g/mol. The Morgan fingerprint density at radius 2 is 2.00 bits per heavy atom. The van der Waals surface area contributed by atoms with Crippen molar-refractivity contribution in [2.45, 2.75) is 31.7 Å². The lowest BCUT2D eigenvalue weighted by atomic mass is 10.1. The average Bonchev–Trinajstić information content (AvgIpc) is 2.38. The molecule has 0 aliphatic carbocycles. The number of aliphatic carboxylic acids is 1. The predicted octanol–water partition coefficient (Wildman–Crippen LogP) is 0.923. The lowest BCUT2D eigenvalue weighted by molar-refractivity contribution is -0.138. The summed E-state index contributed by atoms with van der Waals surface area (Å²) in [7, 11) is -4.03. The third-order valence-corrected chi connectivity index (χ3v) is 4.26.